The van der Waals surface area contributed by atoms with Crippen LogP contribution >= 0.6 is 0 Å². The smallest absolute Gasteiger partial charge is 0.192 e. The molecule has 0 amide bonds. The van der Waals surface area contributed by atoms with E-state index in [-0.39, 0.29) is 5.95 Å². The highest BCUT2D eigenvalue weighted by atomic mass is 19.1. The van der Waals surface area contributed by atoms with Crippen LogP contribution in [0.3, 0.4) is 0 Å². The first-order chi connectivity index (χ1) is 5.00. The molecule has 0 atom stereocenters. The summed E-state index contributed by atoms with van der Waals surface area (Å²) in [5.74, 6) is -0.197. The zero-order chi connectivity index (χ0) is 9.02. The van der Waals surface area contributed by atoms with Gasteiger partial charge in [0.15, 0.2) is 5.95 Å². The van der Waals surface area contributed by atoms with Crippen molar-refractivity contribution in [2.45, 2.75) is 20.3 Å². The summed E-state index contributed by atoms with van der Waals surface area (Å²) < 4.78 is 13.1. The molecule has 0 fully saturated rings. The number of nitrogens with zero attached hydrogens (tertiary/aromatic N) is 1. The molecule has 0 saturated carbocycles. The third kappa shape index (κ3) is 2.74. The zero-order valence-corrected chi connectivity index (χ0v) is 7.74. The molecule has 0 aromatic carbocycles. The van der Waals surface area contributed by atoms with Crippen LogP contribution in [0.4, 0.5) is 4.39 Å². The maximum Gasteiger partial charge on any atom is 0.192 e. The van der Waals surface area contributed by atoms with Crippen LogP contribution in [0.2, 0.25) is 0 Å². The van der Waals surface area contributed by atoms with Crippen molar-refractivity contribution in [2.24, 2.45) is 0 Å². The van der Waals surface area contributed by atoms with E-state index in [9.17, 15) is 4.39 Å². The van der Waals surface area contributed by atoms with Crippen LogP contribution < -0.4 is 0 Å². The van der Waals surface area contributed by atoms with Gasteiger partial charge < -0.3 is 4.90 Å². The van der Waals surface area contributed by atoms with Crippen LogP contribution in [0, 0.1) is 0 Å². The predicted octanol–water partition coefficient (Wildman–Crippen LogP) is 2.72. The van der Waals surface area contributed by atoms with Crippen molar-refractivity contribution < 1.29 is 4.39 Å². The average Bonchev–Trinajstić information content (AvgIpc) is 2.00. The lowest BCUT2D eigenvalue weighted by Gasteiger charge is -2.13. The lowest BCUT2D eigenvalue weighted by atomic mass is 10.1. The lowest BCUT2D eigenvalue weighted by molar-refractivity contribution is 0.367. The van der Waals surface area contributed by atoms with E-state index >= 15 is 0 Å². The predicted molar refractivity (Wildman–Crippen MR) is 46.9 cm³/mol. The van der Waals surface area contributed by atoms with Gasteiger partial charge in [-0.1, -0.05) is 13.5 Å². The Morgan fingerprint density at radius 3 is 2.18 bits per heavy atom. The van der Waals surface area contributed by atoms with Gasteiger partial charge in [0.05, 0.1) is 0 Å². The van der Waals surface area contributed by atoms with Crippen molar-refractivity contribution in [3.05, 3.63) is 23.7 Å². The molecule has 0 rings (SSSR count). The van der Waals surface area contributed by atoms with Crippen molar-refractivity contribution in [2.75, 3.05) is 14.1 Å². The fraction of sp³-hybridized carbons (Fsp3) is 0.556. The molecule has 0 aromatic heterocycles. The van der Waals surface area contributed by atoms with Gasteiger partial charge in [0, 0.05) is 19.7 Å². The van der Waals surface area contributed by atoms with Gasteiger partial charge in [0.25, 0.3) is 0 Å². The Kier molecular flexibility index (Phi) is 3.86. The van der Waals surface area contributed by atoms with Crippen molar-refractivity contribution in [1.29, 1.82) is 0 Å². The van der Waals surface area contributed by atoms with Crippen LogP contribution in [-0.2, 0) is 0 Å². The zero-order valence-electron chi connectivity index (χ0n) is 7.74. The Hall–Kier alpha value is -0.790. The minimum absolute atomic E-state index is 0.197. The minimum Gasteiger partial charge on any atom is -0.354 e. The standard InChI is InChI=1S/C9H16FN/c1-6-7(2)8(3)9(10)11(4)5/h2,6H2,1,3-5H3/b9-8-. The summed E-state index contributed by atoms with van der Waals surface area (Å²) >= 11 is 0. The van der Waals surface area contributed by atoms with Crippen LogP contribution in [0.25, 0.3) is 0 Å². The molecule has 0 aliphatic rings. The van der Waals surface area contributed by atoms with Gasteiger partial charge in [-0.25, -0.2) is 0 Å². The molecule has 0 spiro atoms. The molecule has 0 bridgehead atoms. The lowest BCUT2D eigenvalue weighted by Crippen LogP contribution is -2.09. The molecule has 0 aromatic rings. The van der Waals surface area contributed by atoms with E-state index in [0.29, 0.717) is 5.57 Å². The third-order valence-corrected chi connectivity index (χ3v) is 1.66. The number of allylic oxidation sites excluding steroid dienone is 2. The quantitative estimate of drug-likeness (QED) is 0.449. The van der Waals surface area contributed by atoms with Crippen molar-refractivity contribution >= 4 is 0 Å². The first kappa shape index (κ1) is 10.2. The van der Waals surface area contributed by atoms with E-state index in [0.717, 1.165) is 12.0 Å². The molecular formula is C9H16FN. The fourth-order valence-corrected chi connectivity index (χ4v) is 0.746. The van der Waals surface area contributed by atoms with E-state index in [2.05, 4.69) is 6.58 Å². The molecule has 0 aliphatic carbocycles. The Balaban J connectivity index is 4.52. The third-order valence-electron chi connectivity index (χ3n) is 1.66. The van der Waals surface area contributed by atoms with Crippen molar-refractivity contribution in [3.63, 3.8) is 0 Å². The topological polar surface area (TPSA) is 3.24 Å². The first-order valence-electron chi connectivity index (χ1n) is 3.72. The molecule has 0 radical (unpaired) electrons. The molecule has 11 heavy (non-hydrogen) atoms. The summed E-state index contributed by atoms with van der Waals surface area (Å²) in [5.41, 5.74) is 1.51. The highest BCUT2D eigenvalue weighted by Gasteiger charge is 2.04. The largest absolute Gasteiger partial charge is 0.354 e. The Morgan fingerprint density at radius 1 is 1.45 bits per heavy atom. The van der Waals surface area contributed by atoms with Crippen molar-refractivity contribution in [3.8, 4) is 0 Å². The molecule has 0 saturated heterocycles. The Morgan fingerprint density at radius 2 is 1.91 bits per heavy atom. The van der Waals surface area contributed by atoms with Gasteiger partial charge in [-0.2, -0.15) is 4.39 Å². The molecule has 0 N–H and O–H groups in total. The van der Waals surface area contributed by atoms with Gasteiger partial charge in [-0.3, -0.25) is 0 Å². The molecule has 0 aliphatic heterocycles. The van der Waals surface area contributed by atoms with E-state index in [1.165, 1.54) is 4.90 Å². The summed E-state index contributed by atoms with van der Waals surface area (Å²) in [7, 11) is 3.36. The van der Waals surface area contributed by atoms with Crippen LogP contribution in [-0.4, -0.2) is 19.0 Å². The average molecular weight is 157 g/mol. The molecule has 0 unspecified atom stereocenters. The highest BCUT2D eigenvalue weighted by molar-refractivity contribution is 5.27. The van der Waals surface area contributed by atoms with E-state index in [4.69, 9.17) is 0 Å². The summed E-state index contributed by atoms with van der Waals surface area (Å²) in [6, 6.07) is 0. The summed E-state index contributed by atoms with van der Waals surface area (Å²) in [6.45, 7) is 7.47. The van der Waals surface area contributed by atoms with Crippen LogP contribution in [0.15, 0.2) is 23.7 Å². The van der Waals surface area contributed by atoms with Gasteiger partial charge in [-0.05, 0) is 18.9 Å². The van der Waals surface area contributed by atoms with E-state index < -0.39 is 0 Å². The SMILES string of the molecule is C=C(CC)/C(C)=C(/F)N(C)C. The van der Waals surface area contributed by atoms with Crippen LogP contribution in [0.5, 0.6) is 0 Å². The summed E-state index contributed by atoms with van der Waals surface area (Å²) in [4.78, 5) is 1.45. The summed E-state index contributed by atoms with van der Waals surface area (Å²) in [5, 5.41) is 0. The normalized spacial score (nSPS) is 12.5. The molecule has 2 heteroatoms. The Labute approximate surface area is 68.2 Å². The monoisotopic (exact) mass is 157 g/mol. The molecule has 0 heterocycles. The molecule has 1 nitrogen and oxygen atoms in total. The highest BCUT2D eigenvalue weighted by Crippen LogP contribution is 2.17. The number of hydrogen-bond acceptors (Lipinski definition) is 1. The second kappa shape index (κ2) is 4.16. The van der Waals surface area contributed by atoms with E-state index in [1.807, 2.05) is 6.92 Å². The maximum absolute atomic E-state index is 13.1. The second-order valence-corrected chi connectivity index (χ2v) is 2.77. The summed E-state index contributed by atoms with van der Waals surface area (Å²) in [6.07, 6.45) is 0.799. The number of rotatable bonds is 3. The van der Waals surface area contributed by atoms with Gasteiger partial charge >= 0.3 is 0 Å². The van der Waals surface area contributed by atoms with Gasteiger partial charge in [0.2, 0.25) is 0 Å². The fourth-order valence-electron chi connectivity index (χ4n) is 0.746. The molecule has 64 valence electrons. The van der Waals surface area contributed by atoms with E-state index in [1.54, 1.807) is 21.0 Å². The van der Waals surface area contributed by atoms with Crippen LogP contribution in [0.1, 0.15) is 20.3 Å². The van der Waals surface area contributed by atoms with Gasteiger partial charge in [0.1, 0.15) is 0 Å². The van der Waals surface area contributed by atoms with Gasteiger partial charge in [-0.15, -0.1) is 0 Å². The van der Waals surface area contributed by atoms with Crippen molar-refractivity contribution in [1.82, 2.24) is 4.90 Å². The molecular weight excluding hydrogens is 141 g/mol. The maximum atomic E-state index is 13.1. The second-order valence-electron chi connectivity index (χ2n) is 2.77. The minimum atomic E-state index is -0.197. The first-order valence-corrected chi connectivity index (χ1v) is 3.72. The number of hydrogen-bond donors (Lipinski definition) is 0. The Bertz CT molecular complexity index is 180. The number of halogens is 1.